The summed E-state index contributed by atoms with van der Waals surface area (Å²) in [5.74, 6) is -1.45. The third-order valence-electron chi connectivity index (χ3n) is 2.59. The molecule has 1 aliphatic rings. The first-order valence-electron chi connectivity index (χ1n) is 5.34. The van der Waals surface area contributed by atoms with Crippen molar-refractivity contribution >= 4 is 11.9 Å². The maximum atomic E-state index is 11.4. The lowest BCUT2D eigenvalue weighted by molar-refractivity contribution is -0.148. The quantitative estimate of drug-likeness (QED) is 0.510. The summed E-state index contributed by atoms with van der Waals surface area (Å²) >= 11 is 0. The SMILES string of the molecule is COC(CNC(=O)COC1(C)CNC1)C(=O)O. The second kappa shape index (κ2) is 5.95. The normalized spacial score (nSPS) is 19.2. The van der Waals surface area contributed by atoms with Gasteiger partial charge in [0.25, 0.3) is 0 Å². The molecule has 0 spiro atoms. The molecule has 17 heavy (non-hydrogen) atoms. The van der Waals surface area contributed by atoms with Crippen LogP contribution in [-0.2, 0) is 19.1 Å². The van der Waals surface area contributed by atoms with Gasteiger partial charge < -0.3 is 25.2 Å². The molecule has 0 bridgehead atoms. The molecule has 0 aliphatic carbocycles. The molecular formula is C10H18N2O5. The third-order valence-corrected chi connectivity index (χ3v) is 2.59. The molecule has 0 aromatic heterocycles. The number of carbonyl (C=O) groups excluding carboxylic acids is 1. The lowest BCUT2D eigenvalue weighted by Crippen LogP contribution is -2.59. The molecule has 7 nitrogen and oxygen atoms in total. The van der Waals surface area contributed by atoms with Crippen molar-refractivity contribution in [3.05, 3.63) is 0 Å². The summed E-state index contributed by atoms with van der Waals surface area (Å²) in [4.78, 5) is 22.0. The number of methoxy groups -OCH3 is 1. The molecule has 1 fully saturated rings. The lowest BCUT2D eigenvalue weighted by Gasteiger charge is -2.38. The predicted octanol–water partition coefficient (Wildman–Crippen LogP) is -1.42. The van der Waals surface area contributed by atoms with Gasteiger partial charge in [-0.05, 0) is 6.92 Å². The molecule has 98 valence electrons. The van der Waals surface area contributed by atoms with Gasteiger partial charge in [-0.3, -0.25) is 4.79 Å². The number of carbonyl (C=O) groups is 2. The van der Waals surface area contributed by atoms with Gasteiger partial charge in [0.05, 0.1) is 12.1 Å². The monoisotopic (exact) mass is 246 g/mol. The maximum absolute atomic E-state index is 11.4. The number of amides is 1. The second-order valence-corrected chi connectivity index (χ2v) is 4.21. The Morgan fingerprint density at radius 3 is 2.59 bits per heavy atom. The van der Waals surface area contributed by atoms with Crippen molar-refractivity contribution in [3.63, 3.8) is 0 Å². The Morgan fingerprint density at radius 2 is 2.18 bits per heavy atom. The molecule has 1 amide bonds. The number of nitrogens with one attached hydrogen (secondary N) is 2. The number of rotatable bonds is 7. The van der Waals surface area contributed by atoms with E-state index in [9.17, 15) is 9.59 Å². The minimum atomic E-state index is -1.11. The van der Waals surface area contributed by atoms with Crippen LogP contribution in [0, 0.1) is 0 Å². The highest BCUT2D eigenvalue weighted by Gasteiger charge is 2.33. The number of hydrogen-bond donors (Lipinski definition) is 3. The summed E-state index contributed by atoms with van der Waals surface area (Å²) in [5.41, 5.74) is -0.287. The number of hydrogen-bond acceptors (Lipinski definition) is 5. The van der Waals surface area contributed by atoms with Gasteiger partial charge in [-0.1, -0.05) is 0 Å². The zero-order valence-corrected chi connectivity index (χ0v) is 9.99. The van der Waals surface area contributed by atoms with Crippen LogP contribution in [0.2, 0.25) is 0 Å². The van der Waals surface area contributed by atoms with Crippen LogP contribution in [0.5, 0.6) is 0 Å². The molecule has 1 unspecified atom stereocenters. The first-order chi connectivity index (χ1) is 7.97. The molecule has 1 rings (SSSR count). The first kappa shape index (κ1) is 13.9. The van der Waals surface area contributed by atoms with Gasteiger partial charge >= 0.3 is 5.97 Å². The van der Waals surface area contributed by atoms with E-state index in [0.717, 1.165) is 13.1 Å². The third kappa shape index (κ3) is 4.29. The number of aliphatic carboxylic acids is 1. The van der Waals surface area contributed by atoms with E-state index in [2.05, 4.69) is 15.4 Å². The average molecular weight is 246 g/mol. The maximum Gasteiger partial charge on any atom is 0.334 e. The summed E-state index contributed by atoms with van der Waals surface area (Å²) in [6, 6.07) is 0. The fraction of sp³-hybridized carbons (Fsp3) is 0.800. The second-order valence-electron chi connectivity index (χ2n) is 4.21. The van der Waals surface area contributed by atoms with Crippen LogP contribution in [0.15, 0.2) is 0 Å². The summed E-state index contributed by atoms with van der Waals surface area (Å²) in [6.45, 7) is 3.20. The molecule has 3 N–H and O–H groups in total. The lowest BCUT2D eigenvalue weighted by atomic mass is 10.0. The van der Waals surface area contributed by atoms with Gasteiger partial charge in [0, 0.05) is 20.2 Å². The molecule has 1 saturated heterocycles. The van der Waals surface area contributed by atoms with Crippen molar-refractivity contribution in [1.29, 1.82) is 0 Å². The number of carboxylic acids is 1. The Kier molecular flexibility index (Phi) is 4.86. The largest absolute Gasteiger partial charge is 0.479 e. The zero-order chi connectivity index (χ0) is 12.9. The van der Waals surface area contributed by atoms with Crippen molar-refractivity contribution in [2.45, 2.75) is 18.6 Å². The molecule has 7 heteroatoms. The van der Waals surface area contributed by atoms with Gasteiger partial charge in [0.2, 0.25) is 5.91 Å². The zero-order valence-electron chi connectivity index (χ0n) is 9.99. The molecule has 1 atom stereocenters. The highest BCUT2D eigenvalue weighted by Crippen LogP contribution is 2.14. The van der Waals surface area contributed by atoms with Crippen LogP contribution < -0.4 is 10.6 Å². The molecule has 0 aromatic rings. The average Bonchev–Trinajstić information content (AvgIpc) is 2.24. The van der Waals surface area contributed by atoms with Crippen molar-refractivity contribution in [1.82, 2.24) is 10.6 Å². The highest BCUT2D eigenvalue weighted by molar-refractivity contribution is 5.79. The smallest absolute Gasteiger partial charge is 0.334 e. The van der Waals surface area contributed by atoms with Crippen LogP contribution in [0.1, 0.15) is 6.92 Å². The molecular weight excluding hydrogens is 228 g/mol. The summed E-state index contributed by atoms with van der Waals surface area (Å²) in [5, 5.41) is 14.2. The molecule has 0 radical (unpaired) electrons. The van der Waals surface area contributed by atoms with Crippen LogP contribution in [0.3, 0.4) is 0 Å². The van der Waals surface area contributed by atoms with Crippen molar-refractivity contribution in [3.8, 4) is 0 Å². The number of carboxylic acid groups (broad SMARTS) is 1. The predicted molar refractivity (Wildman–Crippen MR) is 58.7 cm³/mol. The highest BCUT2D eigenvalue weighted by atomic mass is 16.5. The Balaban J connectivity index is 2.18. The van der Waals surface area contributed by atoms with Crippen molar-refractivity contribution in [2.75, 3.05) is 33.4 Å². The van der Waals surface area contributed by atoms with Crippen LogP contribution >= 0.6 is 0 Å². The van der Waals surface area contributed by atoms with Crippen LogP contribution in [0.4, 0.5) is 0 Å². The van der Waals surface area contributed by atoms with E-state index in [1.807, 2.05) is 6.92 Å². The fourth-order valence-electron chi connectivity index (χ4n) is 1.35. The molecule has 0 saturated carbocycles. The van der Waals surface area contributed by atoms with E-state index in [-0.39, 0.29) is 24.7 Å². The van der Waals surface area contributed by atoms with E-state index in [1.54, 1.807) is 0 Å². The molecule has 1 aliphatic heterocycles. The summed E-state index contributed by atoms with van der Waals surface area (Å²) < 4.78 is 10.1. The minimum Gasteiger partial charge on any atom is -0.479 e. The van der Waals surface area contributed by atoms with Gasteiger partial charge in [-0.2, -0.15) is 0 Å². The number of ether oxygens (including phenoxy) is 2. The van der Waals surface area contributed by atoms with Crippen molar-refractivity contribution < 1.29 is 24.2 Å². The molecule has 0 aromatic carbocycles. The van der Waals surface area contributed by atoms with Gasteiger partial charge in [-0.15, -0.1) is 0 Å². The van der Waals surface area contributed by atoms with E-state index in [1.165, 1.54) is 7.11 Å². The van der Waals surface area contributed by atoms with Gasteiger partial charge in [0.15, 0.2) is 6.10 Å². The Morgan fingerprint density at radius 1 is 1.53 bits per heavy atom. The standard InChI is InChI=1S/C10H18N2O5/c1-10(5-11-6-10)17-4-8(13)12-3-7(16-2)9(14)15/h7,11H,3-6H2,1-2H3,(H,12,13)(H,14,15). The van der Waals surface area contributed by atoms with E-state index >= 15 is 0 Å². The van der Waals surface area contributed by atoms with Crippen molar-refractivity contribution in [2.24, 2.45) is 0 Å². The fourth-order valence-corrected chi connectivity index (χ4v) is 1.35. The van der Waals surface area contributed by atoms with E-state index < -0.39 is 12.1 Å². The van der Waals surface area contributed by atoms with Gasteiger partial charge in [0.1, 0.15) is 6.61 Å². The molecule has 1 heterocycles. The topological polar surface area (TPSA) is 96.9 Å². The summed E-state index contributed by atoms with van der Waals surface area (Å²) in [7, 11) is 1.28. The summed E-state index contributed by atoms with van der Waals surface area (Å²) in [6.07, 6.45) is -1.03. The van der Waals surface area contributed by atoms with Gasteiger partial charge in [-0.25, -0.2) is 4.79 Å². The van der Waals surface area contributed by atoms with E-state index in [0.29, 0.717) is 0 Å². The Labute approximate surface area is 99.5 Å². The van der Waals surface area contributed by atoms with Crippen LogP contribution in [0.25, 0.3) is 0 Å². The minimum absolute atomic E-state index is 0.0665. The Bertz CT molecular complexity index is 290. The Hall–Kier alpha value is -1.18. The first-order valence-corrected chi connectivity index (χ1v) is 5.34. The van der Waals surface area contributed by atoms with E-state index in [4.69, 9.17) is 9.84 Å². The van der Waals surface area contributed by atoms with Crippen LogP contribution in [-0.4, -0.2) is 62.0 Å².